The van der Waals surface area contributed by atoms with Gasteiger partial charge in [-0.15, -0.1) is 0 Å². The molecule has 6 nitrogen and oxygen atoms in total. The Morgan fingerprint density at radius 1 is 0.617 bits per heavy atom. The van der Waals surface area contributed by atoms with Crippen molar-refractivity contribution in [2.24, 2.45) is 0 Å². The Bertz CT molecular complexity index is 2720. The van der Waals surface area contributed by atoms with Crippen LogP contribution in [0.25, 0.3) is 54.9 Å². The average Bonchev–Trinajstić information content (AvgIpc) is 3.73. The topological polar surface area (TPSA) is 53.6 Å². The number of pyridine rings is 2. The highest BCUT2D eigenvalue weighted by atomic mass is 16.5. The third-order valence-corrected chi connectivity index (χ3v) is 9.74. The number of ether oxygens (including phenoxy) is 2. The summed E-state index contributed by atoms with van der Waals surface area (Å²) in [6.45, 7) is 4.53. The average molecular weight is 609 g/mol. The van der Waals surface area contributed by atoms with Crippen LogP contribution < -0.4 is 9.47 Å². The molecule has 0 amide bonds. The molecule has 5 aromatic carbocycles. The maximum atomic E-state index is 6.76. The molecule has 224 valence electrons. The molecule has 0 aliphatic carbocycles. The van der Waals surface area contributed by atoms with Gasteiger partial charge in [-0.05, 0) is 60.0 Å². The summed E-state index contributed by atoms with van der Waals surface area (Å²) in [6, 6.07) is 39.7. The van der Waals surface area contributed by atoms with Crippen molar-refractivity contribution in [3.8, 4) is 28.8 Å². The van der Waals surface area contributed by atoms with Gasteiger partial charge in [0.25, 0.3) is 0 Å². The molecule has 1 aliphatic rings. The standard InChI is InChI=1S/C41H28N4O2/c1-41(2)32-10-4-6-12-36(32)47-39-33(41)19-18-30-29-17-15-26(24-35(29)45(38(30)39)37-13-7-8-20-42-37)46-25-14-16-27-28-9-3-5-11-34(28)44-22-21-43-40(44)31(27)23-25/h3-24H,1-2H3. The summed E-state index contributed by atoms with van der Waals surface area (Å²) < 4.78 is 17.7. The predicted molar refractivity (Wildman–Crippen MR) is 187 cm³/mol. The van der Waals surface area contributed by atoms with Gasteiger partial charge in [-0.2, -0.15) is 0 Å². The molecule has 1 aliphatic heterocycles. The van der Waals surface area contributed by atoms with E-state index in [1.807, 2.05) is 55.0 Å². The molecule has 5 heterocycles. The first kappa shape index (κ1) is 26.1. The number of fused-ring (bicyclic) bond motifs is 12. The summed E-state index contributed by atoms with van der Waals surface area (Å²) in [5.74, 6) is 4.04. The largest absolute Gasteiger partial charge is 0.457 e. The molecule has 0 spiro atoms. The van der Waals surface area contributed by atoms with E-state index < -0.39 is 0 Å². The van der Waals surface area contributed by atoms with Crippen molar-refractivity contribution < 1.29 is 9.47 Å². The minimum Gasteiger partial charge on any atom is -0.457 e. The van der Waals surface area contributed by atoms with Crippen LogP contribution in [0.15, 0.2) is 134 Å². The summed E-state index contributed by atoms with van der Waals surface area (Å²) >= 11 is 0. The van der Waals surface area contributed by atoms with Crippen LogP contribution in [0.5, 0.6) is 23.0 Å². The molecule has 0 unspecified atom stereocenters. The maximum absolute atomic E-state index is 6.76. The molecule has 0 radical (unpaired) electrons. The second-order valence-electron chi connectivity index (χ2n) is 12.7. The van der Waals surface area contributed by atoms with Crippen molar-refractivity contribution in [3.05, 3.63) is 145 Å². The van der Waals surface area contributed by atoms with Crippen LogP contribution in [0.3, 0.4) is 0 Å². The summed E-state index contributed by atoms with van der Waals surface area (Å²) in [5.41, 5.74) is 6.12. The second-order valence-corrected chi connectivity index (χ2v) is 12.7. The molecule has 0 atom stereocenters. The van der Waals surface area contributed by atoms with Crippen LogP contribution in [0.2, 0.25) is 0 Å². The highest BCUT2D eigenvalue weighted by molar-refractivity contribution is 6.13. The highest BCUT2D eigenvalue weighted by Crippen LogP contribution is 2.52. The lowest BCUT2D eigenvalue weighted by molar-refractivity contribution is 0.421. The fourth-order valence-corrected chi connectivity index (χ4v) is 7.52. The van der Waals surface area contributed by atoms with Crippen molar-refractivity contribution in [1.29, 1.82) is 0 Å². The Kier molecular flexibility index (Phi) is 5.24. The lowest BCUT2D eigenvalue weighted by Crippen LogP contribution is -2.24. The monoisotopic (exact) mass is 608 g/mol. The zero-order chi connectivity index (χ0) is 31.3. The lowest BCUT2D eigenvalue weighted by Gasteiger charge is -2.35. The van der Waals surface area contributed by atoms with Crippen molar-refractivity contribution >= 4 is 49.1 Å². The number of benzene rings is 5. The van der Waals surface area contributed by atoms with E-state index in [9.17, 15) is 0 Å². The SMILES string of the molecule is CC1(C)c2ccccc2Oc2c1ccc1c3ccc(Oc4ccc5c6ccccc6n6ccnc6c5c4)cc3n(-c3ccccn3)c21. The van der Waals surface area contributed by atoms with Crippen LogP contribution in [-0.4, -0.2) is 18.9 Å². The summed E-state index contributed by atoms with van der Waals surface area (Å²) in [7, 11) is 0. The van der Waals surface area contributed by atoms with Crippen LogP contribution in [0, 0.1) is 0 Å². The molecular formula is C41H28N4O2. The molecule has 0 saturated heterocycles. The number of aromatic nitrogens is 4. The first-order chi connectivity index (χ1) is 23.1. The molecule has 0 bridgehead atoms. The van der Waals surface area contributed by atoms with Crippen LogP contribution >= 0.6 is 0 Å². The fourth-order valence-electron chi connectivity index (χ4n) is 7.52. The first-order valence-electron chi connectivity index (χ1n) is 15.8. The Balaban J connectivity index is 1.17. The Labute approximate surface area is 270 Å². The van der Waals surface area contributed by atoms with Crippen molar-refractivity contribution in [3.63, 3.8) is 0 Å². The number of rotatable bonds is 3. The van der Waals surface area contributed by atoms with E-state index in [1.165, 1.54) is 10.9 Å². The van der Waals surface area contributed by atoms with E-state index in [4.69, 9.17) is 19.4 Å². The number of nitrogens with zero attached hydrogens (tertiary/aromatic N) is 4. The summed E-state index contributed by atoms with van der Waals surface area (Å²) in [5, 5.41) is 5.57. The summed E-state index contributed by atoms with van der Waals surface area (Å²) in [6.07, 6.45) is 5.69. The van der Waals surface area contributed by atoms with Crippen LogP contribution in [0.1, 0.15) is 25.0 Å². The van der Waals surface area contributed by atoms with Gasteiger partial charge in [-0.1, -0.05) is 68.4 Å². The van der Waals surface area contributed by atoms with Crippen molar-refractivity contribution in [2.45, 2.75) is 19.3 Å². The van der Waals surface area contributed by atoms with E-state index in [0.29, 0.717) is 0 Å². The second kappa shape index (κ2) is 9.44. The number of hydrogen-bond acceptors (Lipinski definition) is 4. The Morgan fingerprint density at radius 2 is 1.38 bits per heavy atom. The van der Waals surface area contributed by atoms with E-state index in [2.05, 4.69) is 102 Å². The van der Waals surface area contributed by atoms with E-state index in [-0.39, 0.29) is 5.41 Å². The molecule has 0 N–H and O–H groups in total. The fraction of sp³-hybridized carbons (Fsp3) is 0.0732. The summed E-state index contributed by atoms with van der Waals surface area (Å²) in [4.78, 5) is 9.51. The third kappa shape index (κ3) is 3.66. The minimum absolute atomic E-state index is 0.236. The van der Waals surface area contributed by atoms with Gasteiger partial charge in [-0.25, -0.2) is 9.97 Å². The lowest BCUT2D eigenvalue weighted by atomic mass is 9.75. The van der Waals surface area contributed by atoms with E-state index in [1.54, 1.807) is 0 Å². The third-order valence-electron chi connectivity index (χ3n) is 9.74. The van der Waals surface area contributed by atoms with Gasteiger partial charge in [0.05, 0.1) is 16.6 Å². The molecule has 9 aromatic rings. The van der Waals surface area contributed by atoms with Gasteiger partial charge in [0.15, 0.2) is 5.75 Å². The van der Waals surface area contributed by atoms with Crippen molar-refractivity contribution in [2.75, 3.05) is 0 Å². The first-order valence-corrected chi connectivity index (χ1v) is 15.8. The van der Waals surface area contributed by atoms with Gasteiger partial charge in [-0.3, -0.25) is 8.97 Å². The van der Waals surface area contributed by atoms with E-state index in [0.717, 1.165) is 78.1 Å². The molecule has 0 fully saturated rings. The normalized spacial score (nSPS) is 13.7. The van der Waals surface area contributed by atoms with E-state index >= 15 is 0 Å². The predicted octanol–water partition coefficient (Wildman–Crippen LogP) is 10.4. The molecule has 47 heavy (non-hydrogen) atoms. The Morgan fingerprint density at radius 3 is 2.28 bits per heavy atom. The zero-order valence-corrected chi connectivity index (χ0v) is 25.8. The molecule has 10 rings (SSSR count). The number of hydrogen-bond donors (Lipinski definition) is 0. The minimum atomic E-state index is -0.236. The molecule has 0 saturated carbocycles. The molecular weight excluding hydrogens is 580 g/mol. The quantitative estimate of drug-likeness (QED) is 0.187. The maximum Gasteiger partial charge on any atom is 0.156 e. The van der Waals surface area contributed by atoms with Crippen LogP contribution in [-0.2, 0) is 5.41 Å². The number of para-hydroxylation sites is 2. The highest BCUT2D eigenvalue weighted by Gasteiger charge is 2.36. The van der Waals surface area contributed by atoms with Gasteiger partial charge >= 0.3 is 0 Å². The van der Waals surface area contributed by atoms with Crippen molar-refractivity contribution in [1.82, 2.24) is 18.9 Å². The van der Waals surface area contributed by atoms with Gasteiger partial charge in [0.1, 0.15) is 28.7 Å². The van der Waals surface area contributed by atoms with Gasteiger partial charge in [0, 0.05) is 62.7 Å². The van der Waals surface area contributed by atoms with Gasteiger partial charge in [0.2, 0.25) is 0 Å². The van der Waals surface area contributed by atoms with Gasteiger partial charge < -0.3 is 9.47 Å². The Hall–Kier alpha value is -6.14. The molecule has 4 aromatic heterocycles. The van der Waals surface area contributed by atoms with Crippen LogP contribution in [0.4, 0.5) is 0 Å². The number of imidazole rings is 1. The molecule has 6 heteroatoms. The zero-order valence-electron chi connectivity index (χ0n) is 25.8. The smallest absolute Gasteiger partial charge is 0.156 e.